The Morgan fingerprint density at radius 2 is 2.05 bits per heavy atom. The molecule has 0 atom stereocenters. The van der Waals surface area contributed by atoms with Crippen LogP contribution < -0.4 is 10.5 Å². The molecule has 0 unspecified atom stereocenters. The number of aryl methyl sites for hydroxylation is 1. The van der Waals surface area contributed by atoms with E-state index in [1.165, 1.54) is 0 Å². The van der Waals surface area contributed by atoms with Crippen molar-refractivity contribution in [2.24, 2.45) is 7.05 Å². The van der Waals surface area contributed by atoms with Gasteiger partial charge in [-0.3, -0.25) is 4.98 Å². The van der Waals surface area contributed by atoms with Crippen LogP contribution in [0, 0.1) is 0 Å². The van der Waals surface area contributed by atoms with E-state index in [9.17, 15) is 0 Å². The highest BCUT2D eigenvalue weighted by atomic mass is 16.5. The number of nitrogens with zero attached hydrogens (tertiary/aromatic N) is 2. The average molecular weight is 253 g/mol. The Labute approximate surface area is 111 Å². The Morgan fingerprint density at radius 3 is 2.74 bits per heavy atom. The number of methoxy groups -OCH3 is 1. The van der Waals surface area contributed by atoms with Gasteiger partial charge >= 0.3 is 0 Å². The lowest BCUT2D eigenvalue weighted by atomic mass is 10.2. The van der Waals surface area contributed by atoms with Gasteiger partial charge in [-0.05, 0) is 24.3 Å². The first-order valence-electron chi connectivity index (χ1n) is 6.05. The summed E-state index contributed by atoms with van der Waals surface area (Å²) in [6, 6.07) is 11.9. The number of hydrogen-bond donors (Lipinski definition) is 1. The second-order valence-electron chi connectivity index (χ2n) is 4.46. The first kappa shape index (κ1) is 11.6. The van der Waals surface area contributed by atoms with E-state index in [1.54, 1.807) is 13.3 Å². The number of ether oxygens (including phenoxy) is 1. The third-order valence-corrected chi connectivity index (χ3v) is 3.29. The van der Waals surface area contributed by atoms with Crippen LogP contribution in [0.3, 0.4) is 0 Å². The lowest BCUT2D eigenvalue weighted by molar-refractivity contribution is 0.418. The number of anilines is 1. The van der Waals surface area contributed by atoms with Gasteiger partial charge in [0.2, 0.25) is 0 Å². The molecule has 2 N–H and O–H groups in total. The second-order valence-corrected chi connectivity index (χ2v) is 4.46. The number of hydrogen-bond acceptors (Lipinski definition) is 3. The minimum atomic E-state index is 0.667. The zero-order valence-corrected chi connectivity index (χ0v) is 10.9. The summed E-state index contributed by atoms with van der Waals surface area (Å²) in [7, 11) is 3.70. The molecular formula is C15H15N3O. The van der Waals surface area contributed by atoms with Gasteiger partial charge < -0.3 is 15.0 Å². The van der Waals surface area contributed by atoms with Gasteiger partial charge in [-0.25, -0.2) is 0 Å². The summed E-state index contributed by atoms with van der Waals surface area (Å²) in [4.78, 5) is 4.37. The van der Waals surface area contributed by atoms with Gasteiger partial charge in [0, 0.05) is 12.4 Å². The Hall–Kier alpha value is -2.49. The van der Waals surface area contributed by atoms with Crippen molar-refractivity contribution in [1.29, 1.82) is 0 Å². The second kappa shape index (κ2) is 4.31. The fourth-order valence-corrected chi connectivity index (χ4v) is 2.35. The Morgan fingerprint density at radius 1 is 1.21 bits per heavy atom. The zero-order chi connectivity index (χ0) is 13.4. The van der Waals surface area contributed by atoms with E-state index < -0.39 is 0 Å². The van der Waals surface area contributed by atoms with Gasteiger partial charge in [0.1, 0.15) is 5.75 Å². The van der Waals surface area contributed by atoms with Crippen molar-refractivity contribution in [3.05, 3.63) is 42.6 Å². The smallest absolute Gasteiger partial charge is 0.143 e. The standard InChI is InChI=1S/C15H15N3O/c1-18-13(12-7-6-11(16)9-17-12)8-10-4-3-5-14(19-2)15(10)18/h3-9H,16H2,1-2H3. The minimum absolute atomic E-state index is 0.667. The van der Waals surface area contributed by atoms with E-state index >= 15 is 0 Å². The van der Waals surface area contributed by atoms with E-state index in [-0.39, 0.29) is 0 Å². The maximum absolute atomic E-state index is 5.67. The maximum Gasteiger partial charge on any atom is 0.143 e. The van der Waals surface area contributed by atoms with Gasteiger partial charge in [0.25, 0.3) is 0 Å². The molecule has 4 heteroatoms. The van der Waals surface area contributed by atoms with Crippen LogP contribution in [0.4, 0.5) is 5.69 Å². The van der Waals surface area contributed by atoms with Crippen molar-refractivity contribution in [1.82, 2.24) is 9.55 Å². The number of nitrogen functional groups attached to an aromatic ring is 1. The number of aromatic nitrogens is 2. The first-order valence-corrected chi connectivity index (χ1v) is 6.05. The van der Waals surface area contributed by atoms with E-state index in [0.29, 0.717) is 5.69 Å². The topological polar surface area (TPSA) is 53.1 Å². The molecule has 2 aromatic heterocycles. The van der Waals surface area contributed by atoms with Gasteiger partial charge in [-0.2, -0.15) is 0 Å². The molecule has 0 bridgehead atoms. The summed E-state index contributed by atoms with van der Waals surface area (Å²) >= 11 is 0. The number of para-hydroxylation sites is 1. The van der Waals surface area contributed by atoms with Crippen LogP contribution in [0.5, 0.6) is 5.75 Å². The van der Waals surface area contributed by atoms with E-state index in [4.69, 9.17) is 10.5 Å². The summed E-state index contributed by atoms with van der Waals surface area (Å²) in [5, 5.41) is 1.13. The molecule has 0 fully saturated rings. The van der Waals surface area contributed by atoms with Crippen LogP contribution in [-0.2, 0) is 7.05 Å². The molecule has 4 nitrogen and oxygen atoms in total. The number of benzene rings is 1. The van der Waals surface area contributed by atoms with Crippen LogP contribution in [0.25, 0.3) is 22.3 Å². The van der Waals surface area contributed by atoms with Crippen molar-refractivity contribution < 1.29 is 4.74 Å². The van der Waals surface area contributed by atoms with Crippen LogP contribution >= 0.6 is 0 Å². The van der Waals surface area contributed by atoms with Gasteiger partial charge in [0.15, 0.2) is 0 Å². The summed E-state index contributed by atoms with van der Waals surface area (Å²) in [5.74, 6) is 0.863. The van der Waals surface area contributed by atoms with E-state index in [0.717, 1.165) is 28.0 Å². The van der Waals surface area contributed by atoms with Crippen LogP contribution in [0.1, 0.15) is 0 Å². The summed E-state index contributed by atoms with van der Waals surface area (Å²) < 4.78 is 7.51. The largest absolute Gasteiger partial charge is 0.495 e. The molecule has 1 aromatic carbocycles. The first-order chi connectivity index (χ1) is 9.20. The highest BCUT2D eigenvalue weighted by Gasteiger charge is 2.12. The molecule has 0 saturated heterocycles. The number of nitrogens with two attached hydrogens (primary N) is 1. The van der Waals surface area contributed by atoms with Gasteiger partial charge in [-0.15, -0.1) is 0 Å². The van der Waals surface area contributed by atoms with Crippen molar-refractivity contribution in [2.75, 3.05) is 12.8 Å². The average Bonchev–Trinajstić information content (AvgIpc) is 2.77. The Balaban J connectivity index is 2.25. The summed E-state index contributed by atoms with van der Waals surface area (Å²) in [5.41, 5.74) is 9.35. The molecule has 0 aliphatic heterocycles. The van der Waals surface area contributed by atoms with Crippen molar-refractivity contribution in [3.63, 3.8) is 0 Å². The van der Waals surface area contributed by atoms with E-state index in [1.807, 2.05) is 31.3 Å². The zero-order valence-electron chi connectivity index (χ0n) is 10.9. The quantitative estimate of drug-likeness (QED) is 0.764. The molecule has 0 spiro atoms. The molecule has 0 aliphatic rings. The molecule has 0 saturated carbocycles. The molecule has 3 aromatic rings. The third-order valence-electron chi connectivity index (χ3n) is 3.29. The maximum atomic E-state index is 5.67. The molecule has 19 heavy (non-hydrogen) atoms. The lowest BCUT2D eigenvalue weighted by Crippen LogP contribution is -1.96. The molecule has 0 amide bonds. The summed E-state index contributed by atoms with van der Waals surface area (Å²) in [6.45, 7) is 0. The molecule has 0 aliphatic carbocycles. The number of pyridine rings is 1. The predicted molar refractivity (Wildman–Crippen MR) is 77.1 cm³/mol. The van der Waals surface area contributed by atoms with Gasteiger partial charge in [0.05, 0.1) is 35.9 Å². The van der Waals surface area contributed by atoms with Crippen molar-refractivity contribution in [2.45, 2.75) is 0 Å². The van der Waals surface area contributed by atoms with Crippen LogP contribution in [0.2, 0.25) is 0 Å². The predicted octanol–water partition coefficient (Wildman–Crippen LogP) is 2.83. The fraction of sp³-hybridized carbons (Fsp3) is 0.133. The minimum Gasteiger partial charge on any atom is -0.495 e. The Bertz CT molecular complexity index is 729. The third kappa shape index (κ3) is 1.81. The highest BCUT2D eigenvalue weighted by Crippen LogP contribution is 2.31. The number of rotatable bonds is 2. The molecule has 96 valence electrons. The number of fused-ring (bicyclic) bond motifs is 1. The lowest BCUT2D eigenvalue weighted by Gasteiger charge is -2.07. The summed E-state index contributed by atoms with van der Waals surface area (Å²) in [6.07, 6.45) is 1.67. The monoisotopic (exact) mass is 253 g/mol. The Kier molecular flexibility index (Phi) is 2.63. The molecule has 2 heterocycles. The highest BCUT2D eigenvalue weighted by molar-refractivity contribution is 5.90. The van der Waals surface area contributed by atoms with E-state index in [2.05, 4.69) is 21.7 Å². The molecular weight excluding hydrogens is 238 g/mol. The van der Waals surface area contributed by atoms with Gasteiger partial charge in [-0.1, -0.05) is 12.1 Å². The fourth-order valence-electron chi connectivity index (χ4n) is 2.35. The molecule has 3 rings (SSSR count). The molecule has 0 radical (unpaired) electrons. The normalized spacial score (nSPS) is 10.8. The van der Waals surface area contributed by atoms with Crippen molar-refractivity contribution >= 4 is 16.6 Å². The SMILES string of the molecule is COc1cccc2cc(-c3ccc(N)cn3)n(C)c12. The van der Waals surface area contributed by atoms with Crippen molar-refractivity contribution in [3.8, 4) is 17.1 Å². The van der Waals surface area contributed by atoms with Crippen LogP contribution in [-0.4, -0.2) is 16.7 Å². The van der Waals surface area contributed by atoms with Crippen LogP contribution in [0.15, 0.2) is 42.6 Å².